The van der Waals surface area contributed by atoms with Crippen molar-refractivity contribution < 1.29 is 53.8 Å². The highest BCUT2D eigenvalue weighted by atomic mass is 32.2. The van der Waals surface area contributed by atoms with Gasteiger partial charge in [0, 0.05) is 28.5 Å². The van der Waals surface area contributed by atoms with E-state index >= 15 is 0 Å². The second kappa shape index (κ2) is 13.2. The maximum atomic E-state index is 13.3. The van der Waals surface area contributed by atoms with E-state index in [1.54, 1.807) is 27.9 Å². The first-order chi connectivity index (χ1) is 22.6. The van der Waals surface area contributed by atoms with Crippen molar-refractivity contribution in [3.05, 3.63) is 59.3 Å². The van der Waals surface area contributed by atoms with Gasteiger partial charge in [0.15, 0.2) is 28.9 Å². The minimum Gasteiger partial charge on any atom is -0.504 e. The molecule has 2 aliphatic heterocycles. The zero-order valence-corrected chi connectivity index (χ0v) is 26.8. The van der Waals surface area contributed by atoms with Crippen LogP contribution in [0, 0.1) is 0 Å². The van der Waals surface area contributed by atoms with Gasteiger partial charge in [-0.2, -0.15) is 0 Å². The lowest BCUT2D eigenvalue weighted by Crippen LogP contribution is -2.71. The third kappa shape index (κ3) is 7.03. The summed E-state index contributed by atoms with van der Waals surface area (Å²) in [5.41, 5.74) is 3.93. The molecule has 0 radical (unpaired) electrons. The number of aliphatic carboxylic acids is 2. The van der Waals surface area contributed by atoms with E-state index in [0.717, 1.165) is 16.2 Å². The number of nitrogens with zero attached hydrogens (tertiary/aromatic N) is 5. The molecular formula is C28H29N8O10S2+. The number of hydrogen-bond acceptors (Lipinski definition) is 13. The third-order valence-electron chi connectivity index (χ3n) is 7.10. The molecule has 4 heterocycles. The molecule has 1 aromatic carbocycles. The largest absolute Gasteiger partial charge is 0.504 e. The number of fused-ring (bicyclic) bond motifs is 1. The number of hydrogen-bond donors (Lipinski definition) is 7. The van der Waals surface area contributed by atoms with E-state index in [9.17, 15) is 44.4 Å². The van der Waals surface area contributed by atoms with Gasteiger partial charge >= 0.3 is 11.9 Å². The fraction of sp³-hybridized carbons (Fsp3) is 0.286. The van der Waals surface area contributed by atoms with Crippen LogP contribution in [0.15, 0.2) is 58.7 Å². The lowest BCUT2D eigenvalue weighted by molar-refractivity contribution is -0.688. The highest BCUT2D eigenvalue weighted by Crippen LogP contribution is 2.40. The summed E-state index contributed by atoms with van der Waals surface area (Å²) in [6, 6.07) is 2.73. The number of phenolic OH excluding ortho intramolecular Hbond substituents is 2. The predicted molar refractivity (Wildman–Crippen MR) is 169 cm³/mol. The first-order valence-electron chi connectivity index (χ1n) is 13.9. The lowest BCUT2D eigenvalue weighted by Gasteiger charge is -2.49. The minimum absolute atomic E-state index is 0.00869. The van der Waals surface area contributed by atoms with Crippen LogP contribution >= 0.6 is 23.1 Å². The van der Waals surface area contributed by atoms with Crippen LogP contribution in [0.25, 0.3) is 0 Å². The topological polar surface area (TPSA) is 263 Å². The Kier molecular flexibility index (Phi) is 9.30. The second-order valence-corrected chi connectivity index (χ2v) is 13.0. The Balaban J connectivity index is 1.27. The Morgan fingerprint density at radius 2 is 1.96 bits per heavy atom. The Labute approximate surface area is 279 Å². The van der Waals surface area contributed by atoms with Gasteiger partial charge in [0.25, 0.3) is 17.7 Å². The van der Waals surface area contributed by atoms with Crippen LogP contribution in [0.2, 0.25) is 0 Å². The van der Waals surface area contributed by atoms with Gasteiger partial charge in [-0.3, -0.25) is 19.3 Å². The molecule has 20 heteroatoms. The van der Waals surface area contributed by atoms with Crippen LogP contribution < -0.4 is 20.9 Å². The van der Waals surface area contributed by atoms with Crippen molar-refractivity contribution in [2.45, 2.75) is 44.0 Å². The highest BCUT2D eigenvalue weighted by molar-refractivity contribution is 8.00. The first kappa shape index (κ1) is 33.7. The lowest BCUT2D eigenvalue weighted by atomic mass is 10.0. The van der Waals surface area contributed by atoms with Crippen LogP contribution in [0.5, 0.6) is 11.5 Å². The number of oxime groups is 1. The van der Waals surface area contributed by atoms with Gasteiger partial charge in [0.1, 0.15) is 41.7 Å². The fourth-order valence-corrected chi connectivity index (χ4v) is 6.51. The molecule has 3 aromatic rings. The number of nitrogens with one attached hydrogen (secondary N) is 2. The fourth-order valence-electron chi connectivity index (χ4n) is 4.63. The van der Waals surface area contributed by atoms with E-state index in [4.69, 9.17) is 10.6 Å². The maximum Gasteiger partial charge on any atom is 0.352 e. The number of β-lactam (4-membered cyclic amide) rings is 1. The number of thioether (sulfide) groups is 1. The first-order valence-corrected chi connectivity index (χ1v) is 15.9. The molecule has 5 rings (SSSR count). The molecule has 0 bridgehead atoms. The van der Waals surface area contributed by atoms with E-state index in [-0.39, 0.29) is 52.6 Å². The number of aromatic nitrogens is 3. The van der Waals surface area contributed by atoms with Crippen molar-refractivity contribution in [3.8, 4) is 11.5 Å². The number of amides is 3. The molecule has 0 spiro atoms. The number of aromatic hydroxyl groups is 2. The molecule has 18 nitrogen and oxygen atoms in total. The molecule has 1 saturated heterocycles. The van der Waals surface area contributed by atoms with Crippen LogP contribution in [0.4, 0.5) is 10.8 Å². The van der Waals surface area contributed by atoms with E-state index in [2.05, 4.69) is 20.8 Å². The van der Waals surface area contributed by atoms with Crippen molar-refractivity contribution in [2.24, 2.45) is 5.16 Å². The van der Waals surface area contributed by atoms with Gasteiger partial charge in [0.05, 0.1) is 0 Å². The molecular weight excluding hydrogens is 672 g/mol. The van der Waals surface area contributed by atoms with Gasteiger partial charge in [-0.1, -0.05) is 5.16 Å². The number of phenols is 2. The molecule has 0 saturated carbocycles. The van der Waals surface area contributed by atoms with E-state index in [1.165, 1.54) is 49.2 Å². The number of rotatable bonds is 12. The molecule has 2 aromatic heterocycles. The zero-order chi connectivity index (χ0) is 34.9. The number of nitrogens with two attached hydrogens (primary N) is 1. The van der Waals surface area contributed by atoms with Gasteiger partial charge in [-0.15, -0.1) is 23.1 Å². The SMILES string of the molecule is CC(C)(O/N=C(\C(=O)N[C@@H]1C(=O)N2C(C(=O)O)=C(C[n+]3ccn(CC(=O)Nc4ccc(O)c(O)c4)c3)CS[C@H]12)c1csc(N)n1)C(=O)O. The molecule has 2 aliphatic rings. The summed E-state index contributed by atoms with van der Waals surface area (Å²) in [6.07, 6.45) is 4.81. The molecule has 0 unspecified atom stereocenters. The van der Waals surface area contributed by atoms with E-state index in [0.29, 0.717) is 5.57 Å². The number of carbonyl (C=O) groups excluding carboxylic acids is 3. The molecule has 2 atom stereocenters. The third-order valence-corrected chi connectivity index (χ3v) is 9.11. The Bertz CT molecular complexity index is 1880. The summed E-state index contributed by atoms with van der Waals surface area (Å²) in [4.78, 5) is 73.1. The van der Waals surface area contributed by atoms with Crippen molar-refractivity contribution in [3.63, 3.8) is 0 Å². The molecule has 48 heavy (non-hydrogen) atoms. The van der Waals surface area contributed by atoms with Gasteiger partial charge in [-0.25, -0.2) is 23.7 Å². The number of nitrogen functional groups attached to an aromatic ring is 1. The molecule has 3 amide bonds. The number of anilines is 2. The zero-order valence-electron chi connectivity index (χ0n) is 25.2. The van der Waals surface area contributed by atoms with Crippen molar-refractivity contribution in [2.75, 3.05) is 16.8 Å². The number of thiazole rings is 1. The average Bonchev–Trinajstić information content (AvgIpc) is 3.65. The van der Waals surface area contributed by atoms with Crippen molar-refractivity contribution in [1.82, 2.24) is 19.8 Å². The van der Waals surface area contributed by atoms with Crippen molar-refractivity contribution >= 4 is 69.3 Å². The molecule has 252 valence electrons. The minimum atomic E-state index is -1.79. The monoisotopic (exact) mass is 701 g/mol. The smallest absolute Gasteiger partial charge is 0.352 e. The van der Waals surface area contributed by atoms with E-state index in [1.807, 2.05) is 0 Å². The summed E-state index contributed by atoms with van der Waals surface area (Å²) in [6.45, 7) is 2.43. The average molecular weight is 702 g/mol. The van der Waals surface area contributed by atoms with Crippen LogP contribution in [0.1, 0.15) is 19.5 Å². The number of carboxylic acids is 2. The Morgan fingerprint density at radius 1 is 1.21 bits per heavy atom. The Morgan fingerprint density at radius 3 is 2.60 bits per heavy atom. The van der Waals surface area contributed by atoms with Crippen molar-refractivity contribution in [1.29, 1.82) is 0 Å². The standard InChI is InChI=1S/C28H28N8O10S2/c1-28(2,26(44)45)46-33-19(15-11-48-27(29)31-15)22(40)32-20-23(41)36-21(25(42)43)13(10-47-24(20)36)8-34-5-6-35(12-34)9-18(39)30-14-3-4-16(37)17(38)7-14/h3-7,11-12,20,24H,8-10H2,1-2H3,(H7-,29,30,31,32,33,37,38,39,40,42,43,44,45)/p+1/t20-,24-/m1/s1. The number of benzene rings is 1. The highest BCUT2D eigenvalue weighted by Gasteiger charge is 2.54. The van der Waals surface area contributed by atoms with Gasteiger partial charge in [0.2, 0.25) is 11.9 Å². The van der Waals surface area contributed by atoms with Crippen LogP contribution in [0.3, 0.4) is 0 Å². The number of carbonyl (C=O) groups is 5. The Hall–Kier alpha value is -5.63. The molecule has 8 N–H and O–H groups in total. The molecule has 0 aliphatic carbocycles. The molecule has 1 fully saturated rings. The van der Waals surface area contributed by atoms with Gasteiger partial charge < -0.3 is 41.6 Å². The number of carboxylic acid groups (broad SMARTS) is 2. The van der Waals surface area contributed by atoms with Crippen LogP contribution in [-0.2, 0) is 41.9 Å². The second-order valence-electron chi connectivity index (χ2n) is 11.0. The summed E-state index contributed by atoms with van der Waals surface area (Å²) in [5, 5.41) is 48.1. The summed E-state index contributed by atoms with van der Waals surface area (Å²) >= 11 is 2.23. The number of imidazole rings is 1. The summed E-state index contributed by atoms with van der Waals surface area (Å²) in [7, 11) is 0. The normalized spacial score (nSPS) is 17.8. The maximum absolute atomic E-state index is 13.3. The van der Waals surface area contributed by atoms with Crippen LogP contribution in [-0.4, -0.2) is 93.0 Å². The van der Waals surface area contributed by atoms with Gasteiger partial charge in [-0.05, 0) is 26.0 Å². The summed E-state index contributed by atoms with van der Waals surface area (Å²) < 4.78 is 3.19. The van der Waals surface area contributed by atoms with E-state index < -0.39 is 52.4 Å². The summed E-state index contributed by atoms with van der Waals surface area (Å²) in [5.74, 6) is -5.21. The predicted octanol–water partition coefficient (Wildman–Crippen LogP) is -0.113. The quantitative estimate of drug-likeness (QED) is 0.0325.